The fourth-order valence-corrected chi connectivity index (χ4v) is 13.8. The molecule has 0 aromatic carbocycles. The molecule has 8 rings (SSSR count). The average Bonchev–Trinajstić information content (AvgIpc) is 3.69. The van der Waals surface area contributed by atoms with Crippen LogP contribution in [0.4, 0.5) is 0 Å². The highest BCUT2D eigenvalue weighted by atomic mass is 16.7. The van der Waals surface area contributed by atoms with Crippen LogP contribution in [0.25, 0.3) is 0 Å². The van der Waals surface area contributed by atoms with Crippen LogP contribution in [0.2, 0.25) is 0 Å². The molecule has 13 heteroatoms. The lowest BCUT2D eigenvalue weighted by Gasteiger charge is -2.71. The smallest absolute Gasteiger partial charge is 0.331 e. The number of hydrogen-bond donors (Lipinski definition) is 5. The van der Waals surface area contributed by atoms with E-state index in [0.29, 0.717) is 18.4 Å². The average molecular weight is 793 g/mol. The molecule has 318 valence electrons. The normalized spacial score (nSPS) is 56.1. The summed E-state index contributed by atoms with van der Waals surface area (Å²) in [7, 11) is 0. The van der Waals surface area contributed by atoms with Crippen LogP contribution in [0.1, 0.15) is 119 Å². The Hall–Kier alpha value is -1.23. The molecule has 0 aromatic rings. The van der Waals surface area contributed by atoms with Crippen molar-refractivity contribution in [3.05, 3.63) is 11.6 Å². The zero-order valence-electron chi connectivity index (χ0n) is 34.4. The molecule has 4 heterocycles. The van der Waals surface area contributed by atoms with Crippen LogP contribution < -0.4 is 0 Å². The van der Waals surface area contributed by atoms with Gasteiger partial charge < -0.3 is 58.7 Å². The summed E-state index contributed by atoms with van der Waals surface area (Å²) in [6, 6.07) is 0. The number of cyclic esters (lactones) is 1. The number of carbonyl (C=O) groups is 1. The Kier molecular flexibility index (Phi) is 11.1. The fraction of sp³-hybridized carbons (Fsp3) is 0.930. The topological polar surface area (TPSA) is 183 Å². The van der Waals surface area contributed by atoms with Gasteiger partial charge in [-0.1, -0.05) is 27.7 Å². The predicted molar refractivity (Wildman–Crippen MR) is 200 cm³/mol. The van der Waals surface area contributed by atoms with Gasteiger partial charge in [-0.25, -0.2) is 4.79 Å². The molecular weight excluding hydrogens is 724 g/mol. The third-order valence-electron chi connectivity index (χ3n) is 17.4. The van der Waals surface area contributed by atoms with Gasteiger partial charge in [-0.3, -0.25) is 0 Å². The molecule has 0 bridgehead atoms. The van der Waals surface area contributed by atoms with Crippen LogP contribution in [0.15, 0.2) is 11.6 Å². The quantitative estimate of drug-likeness (QED) is 0.185. The van der Waals surface area contributed by atoms with Gasteiger partial charge in [-0.15, -0.1) is 0 Å². The fourth-order valence-electron chi connectivity index (χ4n) is 13.8. The second-order valence-electron chi connectivity index (χ2n) is 19.9. The first kappa shape index (κ1) is 41.5. The first-order valence-electron chi connectivity index (χ1n) is 21.6. The molecule has 5 N–H and O–H groups in total. The molecule has 7 fully saturated rings. The molecule has 4 aliphatic heterocycles. The highest BCUT2D eigenvalue weighted by molar-refractivity contribution is 5.85. The first-order valence-corrected chi connectivity index (χ1v) is 21.6. The predicted octanol–water partition coefficient (Wildman–Crippen LogP) is 3.88. The molecule has 0 spiro atoms. The third kappa shape index (κ3) is 6.66. The van der Waals surface area contributed by atoms with Crippen molar-refractivity contribution >= 4 is 5.97 Å². The Balaban J connectivity index is 0.851. The maximum Gasteiger partial charge on any atom is 0.331 e. The van der Waals surface area contributed by atoms with E-state index in [9.17, 15) is 30.3 Å². The summed E-state index contributed by atoms with van der Waals surface area (Å²) in [6.45, 7) is 15.4. The van der Waals surface area contributed by atoms with E-state index in [1.165, 1.54) is 0 Å². The Labute approximate surface area is 331 Å². The van der Waals surface area contributed by atoms with E-state index in [0.717, 1.165) is 56.9 Å². The largest absolute Gasteiger partial charge is 0.458 e. The third-order valence-corrected chi connectivity index (χ3v) is 17.4. The number of carbonyl (C=O) groups excluding carboxylic acids is 1. The Morgan fingerprint density at radius 3 is 1.84 bits per heavy atom. The first-order chi connectivity index (χ1) is 26.4. The highest BCUT2D eigenvalue weighted by Crippen LogP contribution is 2.78. The molecule has 13 nitrogen and oxygen atoms in total. The van der Waals surface area contributed by atoms with Crippen molar-refractivity contribution in [1.29, 1.82) is 0 Å². The lowest BCUT2D eigenvalue weighted by atomic mass is 9.34. The molecule has 21 unspecified atom stereocenters. The molecular formula is C43H68O13. The summed E-state index contributed by atoms with van der Waals surface area (Å²) in [6.07, 6.45) is 0.496. The van der Waals surface area contributed by atoms with Crippen LogP contribution in [0.5, 0.6) is 0 Å². The minimum Gasteiger partial charge on any atom is -0.458 e. The molecule has 8 aliphatic rings. The number of ether oxygens (including phenoxy) is 7. The number of esters is 1. The molecule has 4 saturated carbocycles. The van der Waals surface area contributed by atoms with Gasteiger partial charge in [0.1, 0.15) is 24.9 Å². The van der Waals surface area contributed by atoms with Gasteiger partial charge >= 0.3 is 5.97 Å². The summed E-state index contributed by atoms with van der Waals surface area (Å²) in [4.78, 5) is 12.1. The van der Waals surface area contributed by atoms with E-state index < -0.39 is 79.9 Å². The SMILES string of the molecule is CC1OC(OC2C(O)CC(OC3C(O)CC(OC4CCC5(C)C(CCC6(C)C5CC(O)C5(C)C(C7=CC(=O)OC7)CCC65C)C4)OC3C)OC2C)CC(O)C1O. The van der Waals surface area contributed by atoms with Crippen molar-refractivity contribution in [3.63, 3.8) is 0 Å². The molecule has 0 amide bonds. The Bertz CT molecular complexity index is 1460. The summed E-state index contributed by atoms with van der Waals surface area (Å²) < 4.78 is 42.4. The van der Waals surface area contributed by atoms with Gasteiger partial charge in [0.25, 0.3) is 0 Å². The Morgan fingerprint density at radius 2 is 1.27 bits per heavy atom. The van der Waals surface area contributed by atoms with Gasteiger partial charge in [0.15, 0.2) is 18.9 Å². The van der Waals surface area contributed by atoms with E-state index in [1.54, 1.807) is 19.9 Å². The number of rotatable bonds is 7. The van der Waals surface area contributed by atoms with E-state index >= 15 is 0 Å². The Morgan fingerprint density at radius 1 is 0.679 bits per heavy atom. The molecule has 4 aliphatic carbocycles. The van der Waals surface area contributed by atoms with Crippen molar-refractivity contribution < 1.29 is 63.5 Å². The van der Waals surface area contributed by atoms with Gasteiger partial charge in [-0.2, -0.15) is 0 Å². The zero-order valence-corrected chi connectivity index (χ0v) is 34.4. The highest BCUT2D eigenvalue weighted by Gasteiger charge is 2.73. The number of aliphatic hydroxyl groups excluding tert-OH is 5. The van der Waals surface area contributed by atoms with E-state index in [4.69, 9.17) is 33.2 Å². The summed E-state index contributed by atoms with van der Waals surface area (Å²) in [5, 5.41) is 54.7. The summed E-state index contributed by atoms with van der Waals surface area (Å²) in [5.41, 5.74) is 0.785. The molecule has 56 heavy (non-hydrogen) atoms. The zero-order chi connectivity index (χ0) is 40.1. The maximum atomic E-state index is 12.1. The van der Waals surface area contributed by atoms with Gasteiger partial charge in [0.2, 0.25) is 0 Å². The molecule has 0 aromatic heterocycles. The van der Waals surface area contributed by atoms with Crippen LogP contribution in [0.3, 0.4) is 0 Å². The number of hydrogen-bond acceptors (Lipinski definition) is 13. The van der Waals surface area contributed by atoms with Crippen LogP contribution in [0, 0.1) is 39.4 Å². The van der Waals surface area contributed by atoms with Crippen molar-refractivity contribution in [2.24, 2.45) is 39.4 Å². The minimum atomic E-state index is -0.998. The van der Waals surface area contributed by atoms with Crippen molar-refractivity contribution in [2.45, 2.75) is 205 Å². The molecule has 0 radical (unpaired) electrons. The van der Waals surface area contributed by atoms with E-state index in [2.05, 4.69) is 27.7 Å². The van der Waals surface area contributed by atoms with Crippen LogP contribution >= 0.6 is 0 Å². The lowest BCUT2D eigenvalue weighted by molar-refractivity contribution is -0.336. The summed E-state index contributed by atoms with van der Waals surface area (Å²) in [5.74, 6) is 0.721. The van der Waals surface area contributed by atoms with Crippen LogP contribution in [-0.4, -0.2) is 124 Å². The van der Waals surface area contributed by atoms with Crippen molar-refractivity contribution in [2.75, 3.05) is 6.61 Å². The second kappa shape index (κ2) is 15.0. The van der Waals surface area contributed by atoms with Crippen LogP contribution in [-0.2, 0) is 38.0 Å². The standard InChI is InChI=1S/C43H68O13/c1-21-37(49)28(44)16-35(51-21)55-39-23(3)53-36(18-30(39)46)56-38-22(2)52-34(17-29(38)45)54-26-9-11-40(4)25(15-26)8-12-41(5)31(40)19-32(47)43(7)27(10-13-42(41,43)6)24-14-33(48)50-20-24/h14,21-23,25-32,34-39,44-47,49H,8-13,15-20H2,1-7H3. The van der Waals surface area contributed by atoms with Crippen molar-refractivity contribution in [1.82, 2.24) is 0 Å². The van der Waals surface area contributed by atoms with E-state index in [1.807, 2.05) is 6.92 Å². The maximum absolute atomic E-state index is 12.1. The number of aliphatic hydroxyl groups is 5. The van der Waals surface area contributed by atoms with Gasteiger partial charge in [-0.05, 0) is 112 Å². The van der Waals surface area contributed by atoms with Crippen molar-refractivity contribution in [3.8, 4) is 0 Å². The molecule has 21 atom stereocenters. The van der Waals surface area contributed by atoms with Gasteiger partial charge in [0.05, 0.1) is 48.8 Å². The summed E-state index contributed by atoms with van der Waals surface area (Å²) >= 11 is 0. The van der Waals surface area contributed by atoms with Gasteiger partial charge in [0, 0.05) is 30.8 Å². The van der Waals surface area contributed by atoms with E-state index in [-0.39, 0.29) is 58.9 Å². The molecule has 3 saturated heterocycles. The second-order valence-corrected chi connectivity index (χ2v) is 19.9. The number of fused-ring (bicyclic) bond motifs is 5. The monoisotopic (exact) mass is 792 g/mol. The lowest BCUT2D eigenvalue weighted by Crippen LogP contribution is -2.67. The minimum absolute atomic E-state index is 0.00600.